The lowest BCUT2D eigenvalue weighted by atomic mass is 9.87. The first kappa shape index (κ1) is 18.7. The third-order valence-corrected chi connectivity index (χ3v) is 5.16. The number of hydrogen-bond donors (Lipinski definition) is 1. The summed E-state index contributed by atoms with van der Waals surface area (Å²) in [5.41, 5.74) is 1.31. The summed E-state index contributed by atoms with van der Waals surface area (Å²) in [4.78, 5) is 12.2. The van der Waals surface area contributed by atoms with Gasteiger partial charge in [0.15, 0.2) is 10.4 Å². The molecule has 24 heavy (non-hydrogen) atoms. The number of amides is 1. The maximum absolute atomic E-state index is 12.2. The Labute approximate surface area is 151 Å². The second-order valence-corrected chi connectivity index (χ2v) is 8.82. The van der Waals surface area contributed by atoms with Crippen LogP contribution in [0, 0.1) is 0 Å². The number of ether oxygens (including phenoxy) is 1. The number of nitrogens with zero attached hydrogens (tertiary/aromatic N) is 2. The second kappa shape index (κ2) is 7.98. The normalized spacial score (nSPS) is 12.7. The van der Waals surface area contributed by atoms with E-state index in [0.717, 1.165) is 10.1 Å². The Balaban J connectivity index is 1.93. The lowest BCUT2D eigenvalue weighted by Gasteiger charge is -2.20. The van der Waals surface area contributed by atoms with Crippen molar-refractivity contribution in [1.29, 1.82) is 0 Å². The third kappa shape index (κ3) is 5.21. The van der Waals surface area contributed by atoms with Gasteiger partial charge in [-0.3, -0.25) is 10.1 Å². The van der Waals surface area contributed by atoms with Gasteiger partial charge in [-0.1, -0.05) is 62.9 Å². The molecule has 0 radical (unpaired) electrons. The van der Waals surface area contributed by atoms with E-state index in [0.29, 0.717) is 10.9 Å². The first-order valence-corrected chi connectivity index (χ1v) is 9.64. The van der Waals surface area contributed by atoms with Gasteiger partial charge in [0.25, 0.3) is 5.91 Å². The molecule has 0 unspecified atom stereocenters. The van der Waals surface area contributed by atoms with E-state index in [2.05, 4.69) is 36.3 Å². The molecule has 2 aromatic rings. The van der Waals surface area contributed by atoms with E-state index in [1.165, 1.54) is 16.9 Å². The number of carbonyl (C=O) groups excluding carboxylic acids is 1. The Morgan fingerprint density at radius 1 is 1.29 bits per heavy atom. The van der Waals surface area contributed by atoms with Crippen LogP contribution in [-0.2, 0) is 10.2 Å². The Morgan fingerprint density at radius 3 is 2.54 bits per heavy atom. The molecule has 1 aromatic heterocycles. The second-order valence-electron chi connectivity index (χ2n) is 6.33. The number of hydrogen-bond acceptors (Lipinski definition) is 6. The summed E-state index contributed by atoms with van der Waals surface area (Å²) in [6, 6.07) is 7.84. The number of carbonyl (C=O) groups is 1. The molecular formula is C17H23N3O2S2. The molecule has 0 saturated carbocycles. The lowest BCUT2D eigenvalue weighted by Crippen LogP contribution is -2.30. The van der Waals surface area contributed by atoms with Crippen molar-refractivity contribution in [3.8, 4) is 5.75 Å². The number of anilines is 1. The van der Waals surface area contributed by atoms with Gasteiger partial charge in [0.2, 0.25) is 5.13 Å². The van der Waals surface area contributed by atoms with Gasteiger partial charge >= 0.3 is 0 Å². The van der Waals surface area contributed by atoms with Crippen LogP contribution >= 0.6 is 23.1 Å². The Bertz CT molecular complexity index is 678. The summed E-state index contributed by atoms with van der Waals surface area (Å²) < 4.78 is 6.56. The Kier molecular flexibility index (Phi) is 6.23. The maximum atomic E-state index is 12.2. The van der Waals surface area contributed by atoms with Gasteiger partial charge in [-0.15, -0.1) is 10.2 Å². The van der Waals surface area contributed by atoms with Gasteiger partial charge < -0.3 is 4.74 Å². The van der Waals surface area contributed by atoms with Crippen LogP contribution in [0.25, 0.3) is 0 Å². The highest BCUT2D eigenvalue weighted by Gasteiger charge is 2.18. The van der Waals surface area contributed by atoms with Gasteiger partial charge in [-0.25, -0.2) is 0 Å². The fourth-order valence-electron chi connectivity index (χ4n) is 1.94. The third-order valence-electron chi connectivity index (χ3n) is 3.31. The van der Waals surface area contributed by atoms with Crippen molar-refractivity contribution < 1.29 is 9.53 Å². The number of aromatic nitrogens is 2. The molecule has 1 aromatic carbocycles. The van der Waals surface area contributed by atoms with Gasteiger partial charge in [0.05, 0.1) is 0 Å². The van der Waals surface area contributed by atoms with E-state index < -0.39 is 6.10 Å². The number of rotatable bonds is 6. The Hall–Kier alpha value is -1.60. The summed E-state index contributed by atoms with van der Waals surface area (Å²) in [5.74, 6) is 1.36. The zero-order valence-electron chi connectivity index (χ0n) is 14.6. The molecule has 130 valence electrons. The van der Waals surface area contributed by atoms with E-state index in [4.69, 9.17) is 4.74 Å². The van der Waals surface area contributed by atoms with Crippen LogP contribution in [0.4, 0.5) is 5.13 Å². The predicted octanol–water partition coefficient (Wildman–Crippen LogP) is 4.35. The Morgan fingerprint density at radius 2 is 1.96 bits per heavy atom. The lowest BCUT2D eigenvalue weighted by molar-refractivity contribution is -0.122. The molecule has 5 nitrogen and oxygen atoms in total. The van der Waals surface area contributed by atoms with E-state index >= 15 is 0 Å². The zero-order chi connectivity index (χ0) is 17.7. The van der Waals surface area contributed by atoms with Crippen molar-refractivity contribution in [3.05, 3.63) is 29.8 Å². The van der Waals surface area contributed by atoms with Crippen molar-refractivity contribution >= 4 is 34.1 Å². The molecule has 7 heteroatoms. The molecule has 0 spiro atoms. The minimum absolute atomic E-state index is 0.0908. The quantitative estimate of drug-likeness (QED) is 0.609. The molecule has 1 N–H and O–H groups in total. The van der Waals surface area contributed by atoms with E-state index in [1.807, 2.05) is 31.2 Å². The van der Waals surface area contributed by atoms with Gasteiger partial charge in [0, 0.05) is 0 Å². The molecule has 0 bridgehead atoms. The summed E-state index contributed by atoms with van der Waals surface area (Å²) in [7, 11) is 0. The number of nitrogens with one attached hydrogen (secondary N) is 1. The van der Waals surface area contributed by atoms with E-state index in [9.17, 15) is 4.79 Å². The molecule has 1 amide bonds. The minimum atomic E-state index is -0.614. The highest BCUT2D eigenvalue weighted by Crippen LogP contribution is 2.26. The van der Waals surface area contributed by atoms with Gasteiger partial charge in [-0.05, 0) is 35.8 Å². The first-order valence-electron chi connectivity index (χ1n) is 7.84. The summed E-state index contributed by atoms with van der Waals surface area (Å²) >= 11 is 2.97. The molecule has 1 heterocycles. The van der Waals surface area contributed by atoms with E-state index in [-0.39, 0.29) is 11.3 Å². The summed E-state index contributed by atoms with van der Waals surface area (Å²) in [6.07, 6.45) is -0.614. The number of benzene rings is 1. The minimum Gasteiger partial charge on any atom is -0.481 e. The topological polar surface area (TPSA) is 64.1 Å². The van der Waals surface area contributed by atoms with Gasteiger partial charge in [-0.2, -0.15) is 0 Å². The summed E-state index contributed by atoms with van der Waals surface area (Å²) in [5, 5.41) is 11.2. The molecular weight excluding hydrogens is 342 g/mol. The fraction of sp³-hybridized carbons (Fsp3) is 0.471. The molecule has 0 saturated heterocycles. The van der Waals surface area contributed by atoms with Crippen LogP contribution in [-0.4, -0.2) is 28.0 Å². The average Bonchev–Trinajstić information content (AvgIpc) is 2.94. The van der Waals surface area contributed by atoms with Crippen molar-refractivity contribution in [2.24, 2.45) is 0 Å². The maximum Gasteiger partial charge on any atom is 0.266 e. The largest absolute Gasteiger partial charge is 0.481 e. The van der Waals surface area contributed by atoms with Crippen LogP contribution in [0.15, 0.2) is 28.6 Å². The number of thioether (sulfide) groups is 1. The van der Waals surface area contributed by atoms with Gasteiger partial charge in [0.1, 0.15) is 5.75 Å². The SMILES string of the molecule is CCSc1nnc(NC(=O)[C@H](C)Oc2ccc(C(C)(C)C)cc2)s1. The van der Waals surface area contributed by atoms with Crippen LogP contribution in [0.1, 0.15) is 40.2 Å². The summed E-state index contributed by atoms with van der Waals surface area (Å²) in [6.45, 7) is 10.2. The highest BCUT2D eigenvalue weighted by atomic mass is 32.2. The fourth-order valence-corrected chi connectivity index (χ4v) is 3.59. The van der Waals surface area contributed by atoms with Crippen LogP contribution in [0.5, 0.6) is 5.75 Å². The smallest absolute Gasteiger partial charge is 0.266 e. The molecule has 0 aliphatic rings. The molecule has 0 aliphatic heterocycles. The molecule has 0 fully saturated rings. The first-order chi connectivity index (χ1) is 11.3. The highest BCUT2D eigenvalue weighted by molar-refractivity contribution is 8.01. The standard InChI is InChI=1S/C17H23N3O2S2/c1-6-23-16-20-19-15(24-16)18-14(21)11(2)22-13-9-7-12(8-10-13)17(3,4)5/h7-11H,6H2,1-5H3,(H,18,19,21)/t11-/m0/s1. The van der Waals surface area contributed by atoms with Crippen molar-refractivity contribution in [2.75, 3.05) is 11.1 Å². The zero-order valence-corrected chi connectivity index (χ0v) is 16.3. The van der Waals surface area contributed by atoms with Crippen LogP contribution < -0.4 is 10.1 Å². The average molecular weight is 366 g/mol. The van der Waals surface area contributed by atoms with Crippen LogP contribution in [0.3, 0.4) is 0 Å². The molecule has 0 aliphatic carbocycles. The molecule has 2 rings (SSSR count). The van der Waals surface area contributed by atoms with Crippen molar-refractivity contribution in [1.82, 2.24) is 10.2 Å². The molecule has 1 atom stereocenters. The predicted molar refractivity (Wildman–Crippen MR) is 100 cm³/mol. The van der Waals surface area contributed by atoms with Crippen molar-refractivity contribution in [3.63, 3.8) is 0 Å². The monoisotopic (exact) mass is 365 g/mol. The van der Waals surface area contributed by atoms with Crippen LogP contribution in [0.2, 0.25) is 0 Å². The van der Waals surface area contributed by atoms with E-state index in [1.54, 1.807) is 18.7 Å². The van der Waals surface area contributed by atoms with Crippen molar-refractivity contribution in [2.45, 2.75) is 50.5 Å².